The Bertz CT molecular complexity index is 1160. The first-order chi connectivity index (χ1) is 17.7. The van der Waals surface area contributed by atoms with Crippen LogP contribution in [0.25, 0.3) is 0 Å². The molecule has 2 aromatic carbocycles. The van der Waals surface area contributed by atoms with Crippen LogP contribution in [0.1, 0.15) is 41.1 Å². The zero-order valence-corrected chi connectivity index (χ0v) is 24.2. The third kappa shape index (κ3) is 6.69. The predicted octanol–water partition coefficient (Wildman–Crippen LogP) is 3.62. The zero-order valence-electron chi connectivity index (χ0n) is 21.1. The fourth-order valence-electron chi connectivity index (χ4n) is 5.35. The first kappa shape index (κ1) is 30.4. The smallest absolute Gasteiger partial charge is 0.253 e. The van der Waals surface area contributed by atoms with Gasteiger partial charge < -0.3 is 25.3 Å². The van der Waals surface area contributed by atoms with Gasteiger partial charge in [-0.05, 0) is 61.2 Å². The van der Waals surface area contributed by atoms with Gasteiger partial charge >= 0.3 is 0 Å². The van der Waals surface area contributed by atoms with Gasteiger partial charge in [-0.25, -0.2) is 0 Å². The molecule has 0 aromatic heterocycles. The summed E-state index contributed by atoms with van der Waals surface area (Å²) in [5.74, 6) is -0.626. The molecule has 206 valence electrons. The number of halogens is 3. The van der Waals surface area contributed by atoms with Crippen molar-refractivity contribution in [2.45, 2.75) is 31.2 Å². The van der Waals surface area contributed by atoms with Gasteiger partial charge in [-0.1, -0.05) is 45.2 Å². The molecule has 11 heteroatoms. The molecule has 0 unspecified atom stereocenters. The van der Waals surface area contributed by atoms with Gasteiger partial charge in [-0.2, -0.15) is 0 Å². The van der Waals surface area contributed by atoms with E-state index in [0.29, 0.717) is 61.1 Å². The van der Waals surface area contributed by atoms with E-state index in [1.165, 1.54) is 0 Å². The number of rotatable bonds is 5. The highest BCUT2D eigenvalue weighted by Crippen LogP contribution is 2.35. The van der Waals surface area contributed by atoms with Crippen molar-refractivity contribution in [3.63, 3.8) is 0 Å². The molecule has 38 heavy (non-hydrogen) atoms. The number of likely N-dealkylation sites (tertiary alicyclic amines) is 2. The summed E-state index contributed by atoms with van der Waals surface area (Å²) in [7, 11) is 1.81. The van der Waals surface area contributed by atoms with Crippen LogP contribution in [0.3, 0.4) is 0 Å². The molecule has 8 nitrogen and oxygen atoms in total. The van der Waals surface area contributed by atoms with Crippen LogP contribution < -0.4 is 0 Å². The fraction of sp³-hybridized carbons (Fsp3) is 0.444. The molecule has 0 spiro atoms. The van der Waals surface area contributed by atoms with Crippen molar-refractivity contribution in [1.82, 2.24) is 14.7 Å². The van der Waals surface area contributed by atoms with E-state index in [4.69, 9.17) is 28.3 Å². The third-order valence-corrected chi connectivity index (χ3v) is 8.77. The second-order valence-corrected chi connectivity index (χ2v) is 11.4. The Hall–Kier alpha value is -2.17. The summed E-state index contributed by atoms with van der Waals surface area (Å²) in [5.41, 5.74) is 1.52. The molecule has 2 atom stereocenters. The summed E-state index contributed by atoms with van der Waals surface area (Å²) in [5, 5.41) is 10.0. The van der Waals surface area contributed by atoms with Gasteiger partial charge in [0.1, 0.15) is 6.61 Å². The Morgan fingerprint density at radius 2 is 1.61 bits per heavy atom. The SMILES string of the molecule is CN(C(=O)c1ccc(Br)cc1)[C@@H]1CCN(C(=O)C2CCN(C(=O)CO)CC2)C[C@H]1c1ccc(Cl)c(Cl)c1.O. The number of amides is 3. The molecular formula is C27H32BrCl2N3O5. The minimum absolute atomic E-state index is 0. The van der Waals surface area contributed by atoms with Crippen LogP contribution in [0.2, 0.25) is 10.0 Å². The molecule has 3 N–H and O–H groups in total. The molecule has 0 aliphatic carbocycles. The maximum Gasteiger partial charge on any atom is 0.253 e. The minimum atomic E-state index is -0.510. The number of nitrogens with zero attached hydrogens (tertiary/aromatic N) is 3. The van der Waals surface area contributed by atoms with Gasteiger partial charge in [0.25, 0.3) is 5.91 Å². The quantitative estimate of drug-likeness (QED) is 0.545. The summed E-state index contributed by atoms with van der Waals surface area (Å²) < 4.78 is 0.902. The topological polar surface area (TPSA) is 113 Å². The lowest BCUT2D eigenvalue weighted by molar-refractivity contribution is -0.143. The van der Waals surface area contributed by atoms with E-state index in [9.17, 15) is 14.4 Å². The maximum atomic E-state index is 13.5. The van der Waals surface area contributed by atoms with Gasteiger partial charge in [-0.15, -0.1) is 0 Å². The molecule has 4 rings (SSSR count). The lowest BCUT2D eigenvalue weighted by Crippen LogP contribution is -2.53. The summed E-state index contributed by atoms with van der Waals surface area (Å²) in [6, 6.07) is 12.6. The lowest BCUT2D eigenvalue weighted by atomic mass is 9.83. The first-order valence-corrected chi connectivity index (χ1v) is 13.9. The Kier molecular flexibility index (Phi) is 10.6. The van der Waals surface area contributed by atoms with E-state index >= 15 is 0 Å². The maximum absolute atomic E-state index is 13.5. The molecule has 0 bridgehead atoms. The fourth-order valence-corrected chi connectivity index (χ4v) is 5.93. The Balaban J connectivity index is 0.00000400. The molecule has 0 radical (unpaired) electrons. The predicted molar refractivity (Wildman–Crippen MR) is 150 cm³/mol. The van der Waals surface area contributed by atoms with Crippen LogP contribution in [-0.4, -0.2) is 88.9 Å². The van der Waals surface area contributed by atoms with Crippen LogP contribution in [0.5, 0.6) is 0 Å². The van der Waals surface area contributed by atoms with E-state index in [0.717, 1.165) is 10.0 Å². The average Bonchev–Trinajstić information content (AvgIpc) is 2.93. The molecule has 2 fully saturated rings. The number of hydrogen-bond acceptors (Lipinski definition) is 4. The first-order valence-electron chi connectivity index (χ1n) is 12.3. The highest BCUT2D eigenvalue weighted by molar-refractivity contribution is 9.10. The van der Waals surface area contributed by atoms with E-state index in [2.05, 4.69) is 15.9 Å². The highest BCUT2D eigenvalue weighted by Gasteiger charge is 2.39. The van der Waals surface area contributed by atoms with Crippen molar-refractivity contribution < 1.29 is 25.0 Å². The second-order valence-electron chi connectivity index (χ2n) is 9.66. The number of carbonyl (C=O) groups is 3. The molecule has 2 saturated heterocycles. The minimum Gasteiger partial charge on any atom is -0.412 e. The van der Waals surface area contributed by atoms with Crippen LogP contribution in [0.4, 0.5) is 0 Å². The number of benzene rings is 2. The van der Waals surface area contributed by atoms with Crippen LogP contribution in [0.15, 0.2) is 46.9 Å². The van der Waals surface area contributed by atoms with Crippen molar-refractivity contribution in [3.05, 3.63) is 68.1 Å². The Labute approximate surface area is 240 Å². The van der Waals surface area contributed by atoms with E-state index < -0.39 is 6.61 Å². The van der Waals surface area contributed by atoms with Crippen LogP contribution in [0, 0.1) is 5.92 Å². The molecule has 2 aromatic rings. The normalized spacial score (nSPS) is 20.0. The Morgan fingerprint density at radius 1 is 0.974 bits per heavy atom. The molecule has 3 amide bonds. The van der Waals surface area contributed by atoms with Crippen LogP contribution in [-0.2, 0) is 9.59 Å². The third-order valence-electron chi connectivity index (χ3n) is 7.50. The van der Waals surface area contributed by atoms with Crippen LogP contribution >= 0.6 is 39.1 Å². The average molecular weight is 629 g/mol. The molecule has 2 heterocycles. The van der Waals surface area contributed by atoms with Crippen molar-refractivity contribution in [3.8, 4) is 0 Å². The Morgan fingerprint density at radius 3 is 2.21 bits per heavy atom. The van der Waals surface area contributed by atoms with Gasteiger partial charge in [0.05, 0.1) is 10.0 Å². The van der Waals surface area contributed by atoms with Crippen molar-refractivity contribution in [2.24, 2.45) is 5.92 Å². The summed E-state index contributed by atoms with van der Waals surface area (Å²) in [6.07, 6.45) is 1.77. The molecule has 2 aliphatic heterocycles. The number of hydrogen-bond donors (Lipinski definition) is 1. The van der Waals surface area contributed by atoms with Crippen molar-refractivity contribution in [1.29, 1.82) is 0 Å². The lowest BCUT2D eigenvalue weighted by Gasteiger charge is -2.44. The molecular weight excluding hydrogens is 597 g/mol. The number of aliphatic hydroxyl groups is 1. The van der Waals surface area contributed by atoms with Crippen molar-refractivity contribution >= 4 is 56.9 Å². The largest absolute Gasteiger partial charge is 0.412 e. The van der Waals surface area contributed by atoms with Crippen molar-refractivity contribution in [2.75, 3.05) is 39.8 Å². The molecule has 2 aliphatic rings. The number of aliphatic hydroxyl groups excluding tert-OH is 1. The zero-order chi connectivity index (χ0) is 26.7. The number of piperidine rings is 2. The van der Waals surface area contributed by atoms with Gasteiger partial charge in [-0.3, -0.25) is 14.4 Å². The second kappa shape index (κ2) is 13.3. The summed E-state index contributed by atoms with van der Waals surface area (Å²) in [6.45, 7) is 1.41. The number of carbonyl (C=O) groups excluding carboxylic acids is 3. The van der Waals surface area contributed by atoms with E-state index in [1.54, 1.807) is 28.0 Å². The highest BCUT2D eigenvalue weighted by atomic mass is 79.9. The number of likely N-dealkylation sites (N-methyl/N-ethyl adjacent to an activating group) is 1. The molecule has 0 saturated carbocycles. The van der Waals surface area contributed by atoms with Gasteiger partial charge in [0.2, 0.25) is 11.8 Å². The van der Waals surface area contributed by atoms with E-state index in [1.807, 2.05) is 36.2 Å². The standard InChI is InChI=1S/C27H30BrCl2N3O4.H2O/c1-31(26(36)17-2-5-20(28)6-3-17)24-10-13-33(15-21(24)19-4-7-22(29)23(30)14-19)27(37)18-8-11-32(12-9-18)25(35)16-34;/h2-7,14,18,21,24,34H,8-13,15-16H2,1H3;1H2/t21-,24+;/m0./s1. The summed E-state index contributed by atoms with van der Waals surface area (Å²) >= 11 is 15.9. The van der Waals surface area contributed by atoms with E-state index in [-0.39, 0.29) is 41.1 Å². The van der Waals surface area contributed by atoms with Gasteiger partial charge in [0, 0.05) is 61.1 Å². The summed E-state index contributed by atoms with van der Waals surface area (Å²) in [4.78, 5) is 43.9. The van der Waals surface area contributed by atoms with Gasteiger partial charge in [0.15, 0.2) is 0 Å². The monoisotopic (exact) mass is 627 g/mol.